The zero-order valence-corrected chi connectivity index (χ0v) is 15.7. The molecule has 3 aromatic rings. The summed E-state index contributed by atoms with van der Waals surface area (Å²) in [6.45, 7) is 0. The molecule has 3 rings (SSSR count). The SMILES string of the molecule is NC(=O)c1cccc(-c2cccc(-c3cccc(C(N)=O)c3C(N)=O)c2)c1C(N)=O. The number of carbonyl (C=O) groups is 4. The predicted molar refractivity (Wildman–Crippen MR) is 111 cm³/mol. The molecule has 0 aliphatic carbocycles. The number of nitrogens with two attached hydrogens (primary N) is 4. The van der Waals surface area contributed by atoms with Crippen LogP contribution in [-0.2, 0) is 0 Å². The normalized spacial score (nSPS) is 10.4. The van der Waals surface area contributed by atoms with Gasteiger partial charge in [0.1, 0.15) is 0 Å². The Labute approximate surface area is 171 Å². The first-order valence-electron chi connectivity index (χ1n) is 8.78. The summed E-state index contributed by atoms with van der Waals surface area (Å²) in [6.07, 6.45) is 0. The number of carbonyl (C=O) groups excluding carboxylic acids is 4. The van der Waals surface area contributed by atoms with Gasteiger partial charge in [-0.15, -0.1) is 0 Å². The molecule has 0 heterocycles. The second-order valence-electron chi connectivity index (χ2n) is 6.49. The number of hydrogen-bond donors (Lipinski definition) is 4. The molecule has 4 amide bonds. The van der Waals surface area contributed by atoms with Gasteiger partial charge in [0, 0.05) is 0 Å². The van der Waals surface area contributed by atoms with Crippen molar-refractivity contribution in [3.63, 3.8) is 0 Å². The lowest BCUT2D eigenvalue weighted by Crippen LogP contribution is -2.21. The Morgan fingerprint density at radius 3 is 1.20 bits per heavy atom. The molecule has 0 saturated heterocycles. The average Bonchev–Trinajstić information content (AvgIpc) is 2.72. The van der Waals surface area contributed by atoms with Gasteiger partial charge in [-0.05, 0) is 40.5 Å². The van der Waals surface area contributed by atoms with Crippen molar-refractivity contribution in [2.75, 3.05) is 0 Å². The zero-order valence-electron chi connectivity index (χ0n) is 15.7. The van der Waals surface area contributed by atoms with Gasteiger partial charge in [-0.3, -0.25) is 19.2 Å². The molecule has 0 aliphatic rings. The first kappa shape index (κ1) is 20.3. The maximum atomic E-state index is 12.0. The molecular weight excluding hydrogens is 384 g/mol. The summed E-state index contributed by atoms with van der Waals surface area (Å²) in [4.78, 5) is 47.6. The smallest absolute Gasteiger partial charge is 0.250 e. The third-order valence-electron chi connectivity index (χ3n) is 4.64. The van der Waals surface area contributed by atoms with Gasteiger partial charge in [0.25, 0.3) is 0 Å². The molecule has 30 heavy (non-hydrogen) atoms. The van der Waals surface area contributed by atoms with Crippen LogP contribution in [-0.4, -0.2) is 23.6 Å². The fraction of sp³-hybridized carbons (Fsp3) is 0. The van der Waals surface area contributed by atoms with Crippen molar-refractivity contribution < 1.29 is 19.2 Å². The van der Waals surface area contributed by atoms with Crippen LogP contribution in [0.5, 0.6) is 0 Å². The van der Waals surface area contributed by atoms with Crippen molar-refractivity contribution in [3.05, 3.63) is 82.9 Å². The number of primary amides is 4. The minimum Gasteiger partial charge on any atom is -0.366 e. The van der Waals surface area contributed by atoms with Crippen molar-refractivity contribution >= 4 is 23.6 Å². The van der Waals surface area contributed by atoms with E-state index in [1.807, 2.05) is 0 Å². The summed E-state index contributed by atoms with van der Waals surface area (Å²) in [6, 6.07) is 16.0. The summed E-state index contributed by atoms with van der Waals surface area (Å²) in [5.74, 6) is -3.18. The summed E-state index contributed by atoms with van der Waals surface area (Å²) in [5.41, 5.74) is 23.6. The van der Waals surface area contributed by atoms with Crippen LogP contribution in [0.1, 0.15) is 41.4 Å². The molecule has 8 nitrogen and oxygen atoms in total. The topological polar surface area (TPSA) is 172 Å². The minimum absolute atomic E-state index is 0.000969. The molecule has 0 fully saturated rings. The summed E-state index contributed by atoms with van der Waals surface area (Å²) in [5, 5.41) is 0. The molecule has 8 N–H and O–H groups in total. The summed E-state index contributed by atoms with van der Waals surface area (Å²) < 4.78 is 0. The Hall–Kier alpha value is -4.46. The van der Waals surface area contributed by atoms with Gasteiger partial charge in [-0.2, -0.15) is 0 Å². The van der Waals surface area contributed by atoms with Crippen LogP contribution in [0.25, 0.3) is 22.3 Å². The van der Waals surface area contributed by atoms with Crippen LogP contribution in [0.3, 0.4) is 0 Å². The Morgan fingerprint density at radius 2 is 0.867 bits per heavy atom. The number of benzene rings is 3. The maximum absolute atomic E-state index is 12.0. The fourth-order valence-electron chi connectivity index (χ4n) is 3.38. The molecule has 3 aromatic carbocycles. The van der Waals surface area contributed by atoms with E-state index < -0.39 is 23.6 Å². The Balaban J connectivity index is 2.26. The molecule has 0 aliphatic heterocycles. The van der Waals surface area contributed by atoms with E-state index in [0.29, 0.717) is 22.3 Å². The molecule has 0 spiro atoms. The molecule has 0 bridgehead atoms. The van der Waals surface area contributed by atoms with E-state index >= 15 is 0 Å². The highest BCUT2D eigenvalue weighted by atomic mass is 16.2. The monoisotopic (exact) mass is 402 g/mol. The second kappa shape index (κ2) is 7.88. The van der Waals surface area contributed by atoms with Crippen LogP contribution in [0, 0.1) is 0 Å². The van der Waals surface area contributed by atoms with Crippen molar-refractivity contribution in [2.45, 2.75) is 0 Å². The maximum Gasteiger partial charge on any atom is 0.250 e. The van der Waals surface area contributed by atoms with Crippen molar-refractivity contribution in [1.29, 1.82) is 0 Å². The molecule has 0 unspecified atom stereocenters. The highest BCUT2D eigenvalue weighted by molar-refractivity contribution is 6.12. The highest BCUT2D eigenvalue weighted by Gasteiger charge is 2.21. The van der Waals surface area contributed by atoms with E-state index in [-0.39, 0.29) is 22.3 Å². The van der Waals surface area contributed by atoms with Crippen molar-refractivity contribution in [2.24, 2.45) is 22.9 Å². The van der Waals surface area contributed by atoms with E-state index in [4.69, 9.17) is 22.9 Å². The number of rotatable bonds is 6. The second-order valence-corrected chi connectivity index (χ2v) is 6.49. The lowest BCUT2D eigenvalue weighted by atomic mass is 9.90. The third-order valence-corrected chi connectivity index (χ3v) is 4.64. The Morgan fingerprint density at radius 1 is 0.500 bits per heavy atom. The average molecular weight is 402 g/mol. The molecule has 0 radical (unpaired) electrons. The standard InChI is InChI=1S/C22H18N4O4/c23-19(27)15-8-2-6-13(17(15)21(25)29)11-4-1-5-12(10-11)14-7-3-9-16(20(24)28)18(14)22(26)30/h1-10H,(H2,23,27)(H2,24,28)(H2,25,29)(H2,26,30). The van der Waals surface area contributed by atoms with Crippen molar-refractivity contribution in [1.82, 2.24) is 0 Å². The third kappa shape index (κ3) is 3.61. The van der Waals surface area contributed by atoms with Crippen LogP contribution >= 0.6 is 0 Å². The fourth-order valence-corrected chi connectivity index (χ4v) is 3.38. The Kier molecular flexibility index (Phi) is 5.33. The van der Waals surface area contributed by atoms with Crippen molar-refractivity contribution in [3.8, 4) is 22.3 Å². The van der Waals surface area contributed by atoms with Crippen LogP contribution in [0.15, 0.2) is 60.7 Å². The van der Waals surface area contributed by atoms with Crippen LogP contribution < -0.4 is 22.9 Å². The number of amides is 4. The van der Waals surface area contributed by atoms with E-state index in [1.54, 1.807) is 48.5 Å². The van der Waals surface area contributed by atoms with E-state index in [0.717, 1.165) is 0 Å². The van der Waals surface area contributed by atoms with Crippen LogP contribution in [0.4, 0.5) is 0 Å². The van der Waals surface area contributed by atoms with E-state index in [2.05, 4.69) is 0 Å². The van der Waals surface area contributed by atoms with Gasteiger partial charge in [0.05, 0.1) is 22.3 Å². The molecular formula is C22H18N4O4. The first-order chi connectivity index (χ1) is 14.2. The summed E-state index contributed by atoms with van der Waals surface area (Å²) in [7, 11) is 0. The lowest BCUT2D eigenvalue weighted by Gasteiger charge is -2.14. The van der Waals surface area contributed by atoms with Gasteiger partial charge < -0.3 is 22.9 Å². The molecule has 150 valence electrons. The quantitative estimate of drug-likeness (QED) is 0.488. The Bertz CT molecular complexity index is 1130. The molecule has 0 aromatic heterocycles. The van der Waals surface area contributed by atoms with Gasteiger partial charge >= 0.3 is 0 Å². The minimum atomic E-state index is -0.807. The lowest BCUT2D eigenvalue weighted by molar-refractivity contribution is 0.0967. The zero-order chi connectivity index (χ0) is 22.0. The van der Waals surface area contributed by atoms with Gasteiger partial charge in [0.2, 0.25) is 23.6 Å². The molecule has 8 heteroatoms. The van der Waals surface area contributed by atoms with Crippen LogP contribution in [0.2, 0.25) is 0 Å². The largest absolute Gasteiger partial charge is 0.366 e. The van der Waals surface area contributed by atoms with Gasteiger partial charge in [-0.1, -0.05) is 42.5 Å². The van der Waals surface area contributed by atoms with E-state index in [1.165, 1.54) is 12.1 Å². The predicted octanol–water partition coefficient (Wildman–Crippen LogP) is 1.42. The van der Waals surface area contributed by atoms with Gasteiger partial charge in [-0.25, -0.2) is 0 Å². The molecule has 0 saturated carbocycles. The summed E-state index contributed by atoms with van der Waals surface area (Å²) >= 11 is 0. The first-order valence-corrected chi connectivity index (χ1v) is 8.78. The highest BCUT2D eigenvalue weighted by Crippen LogP contribution is 2.32. The van der Waals surface area contributed by atoms with Gasteiger partial charge in [0.15, 0.2) is 0 Å². The molecule has 0 atom stereocenters. The number of hydrogen-bond acceptors (Lipinski definition) is 4. The van der Waals surface area contributed by atoms with E-state index in [9.17, 15) is 19.2 Å².